The van der Waals surface area contributed by atoms with Crippen LogP contribution in [0.1, 0.15) is 12.5 Å². The van der Waals surface area contributed by atoms with Gasteiger partial charge in [0.2, 0.25) is 0 Å². The van der Waals surface area contributed by atoms with E-state index in [1.807, 2.05) is 18.3 Å². The van der Waals surface area contributed by atoms with Gasteiger partial charge in [0.15, 0.2) is 0 Å². The maximum Gasteiger partial charge on any atom is 0.329 e. The van der Waals surface area contributed by atoms with Crippen LogP contribution in [0.4, 0.5) is 17.1 Å². The average Bonchev–Trinajstić information content (AvgIpc) is 3.33. The number of aromatic nitrogens is 1. The molecule has 4 heterocycles. The van der Waals surface area contributed by atoms with Gasteiger partial charge in [-0.3, -0.25) is 9.99 Å². The fourth-order valence-electron chi connectivity index (χ4n) is 6.66. The Hall–Kier alpha value is -4.84. The van der Waals surface area contributed by atoms with Gasteiger partial charge in [0.1, 0.15) is 12.5 Å². The lowest BCUT2D eigenvalue weighted by Crippen LogP contribution is -2.59. The van der Waals surface area contributed by atoms with E-state index in [1.54, 1.807) is 0 Å². The number of hydrogen-bond acceptors (Lipinski definition) is 5. The predicted octanol–water partition coefficient (Wildman–Crippen LogP) is 6.00. The van der Waals surface area contributed by atoms with Crippen LogP contribution in [0.5, 0.6) is 0 Å². The maximum atomic E-state index is 4.73. The van der Waals surface area contributed by atoms with Crippen LogP contribution in [-0.2, 0) is 0 Å². The quantitative estimate of drug-likeness (QED) is 0.269. The number of benzene rings is 4. The van der Waals surface area contributed by atoms with Crippen molar-refractivity contribution in [2.45, 2.75) is 13.8 Å². The number of nitrogens with zero attached hydrogens (tertiary/aromatic N) is 5. The van der Waals surface area contributed by atoms with Crippen molar-refractivity contribution >= 4 is 40.7 Å². The molecule has 0 radical (unpaired) electrons. The van der Waals surface area contributed by atoms with Crippen LogP contribution in [0.2, 0.25) is 0 Å². The Morgan fingerprint density at radius 2 is 1.38 bits per heavy atom. The first-order chi connectivity index (χ1) is 19.6. The molecule has 1 aromatic heterocycles. The molecule has 40 heavy (non-hydrogen) atoms. The number of para-hydroxylation sites is 2. The highest BCUT2D eigenvalue weighted by molar-refractivity contribution is 6.92. The summed E-state index contributed by atoms with van der Waals surface area (Å²) >= 11 is 0. The van der Waals surface area contributed by atoms with E-state index in [1.165, 1.54) is 55.8 Å². The van der Waals surface area contributed by atoms with Crippen molar-refractivity contribution in [1.29, 1.82) is 0 Å². The van der Waals surface area contributed by atoms with E-state index in [2.05, 4.69) is 126 Å². The van der Waals surface area contributed by atoms with Crippen LogP contribution in [0, 0.1) is 6.92 Å². The molecule has 0 aliphatic carbocycles. The van der Waals surface area contributed by atoms with Crippen LogP contribution < -0.4 is 20.6 Å². The van der Waals surface area contributed by atoms with E-state index in [0.717, 1.165) is 23.8 Å². The van der Waals surface area contributed by atoms with E-state index < -0.39 is 0 Å². The summed E-state index contributed by atoms with van der Waals surface area (Å²) in [6, 6.07) is 35.7. The molecule has 5 nitrogen and oxygen atoms in total. The highest BCUT2D eigenvalue weighted by Crippen LogP contribution is 2.46. The van der Waals surface area contributed by atoms with Crippen molar-refractivity contribution in [1.82, 2.24) is 9.99 Å². The third kappa shape index (κ3) is 3.35. The second-order valence-electron chi connectivity index (χ2n) is 11.0. The molecule has 3 aliphatic rings. The van der Waals surface area contributed by atoms with Crippen LogP contribution in [0.3, 0.4) is 0 Å². The Morgan fingerprint density at radius 1 is 0.700 bits per heavy atom. The van der Waals surface area contributed by atoms with Gasteiger partial charge in [0.25, 0.3) is 0 Å². The van der Waals surface area contributed by atoms with Crippen molar-refractivity contribution < 1.29 is 0 Å². The number of fused-ring (bicyclic) bond motifs is 11. The molecule has 0 unspecified atom stereocenters. The van der Waals surface area contributed by atoms with Gasteiger partial charge in [-0.2, -0.15) is 5.10 Å². The van der Waals surface area contributed by atoms with Gasteiger partial charge in [-0.15, -0.1) is 0 Å². The summed E-state index contributed by atoms with van der Waals surface area (Å²) in [6.45, 7) is 4.98. The minimum atomic E-state index is 0.0251. The van der Waals surface area contributed by atoms with E-state index in [4.69, 9.17) is 4.98 Å². The number of hydrazone groups is 1. The molecular formula is C34H28BN5. The van der Waals surface area contributed by atoms with Crippen LogP contribution >= 0.6 is 0 Å². The maximum absolute atomic E-state index is 4.73. The molecule has 6 heteroatoms. The summed E-state index contributed by atoms with van der Waals surface area (Å²) in [6.07, 6.45) is 1.90. The van der Waals surface area contributed by atoms with Gasteiger partial charge in [0.05, 0.1) is 5.69 Å². The van der Waals surface area contributed by atoms with E-state index >= 15 is 0 Å². The summed E-state index contributed by atoms with van der Waals surface area (Å²) in [4.78, 5) is 9.56. The molecule has 8 rings (SSSR count). The number of hydrogen-bond donors (Lipinski definition) is 0. The first-order valence-corrected chi connectivity index (χ1v) is 13.8. The van der Waals surface area contributed by atoms with Crippen molar-refractivity contribution in [3.05, 3.63) is 109 Å². The average molecular weight is 517 g/mol. The molecule has 0 fully saturated rings. The van der Waals surface area contributed by atoms with Gasteiger partial charge in [0, 0.05) is 41.4 Å². The number of amidine groups is 1. The van der Waals surface area contributed by atoms with Crippen LogP contribution in [0.25, 0.3) is 33.5 Å². The molecule has 0 N–H and O–H groups in total. The summed E-state index contributed by atoms with van der Waals surface area (Å²) in [5, 5.41) is 6.64. The summed E-state index contributed by atoms with van der Waals surface area (Å²) in [7, 11) is 2.02. The molecular weight excluding hydrogens is 489 g/mol. The SMILES string of the molecule is CC1=NN(C)CN1c1ccc2c(c1)B1c3cc(-c4cc(C)ccn4)ccc3-c3ccccc3N1c1ccccc1-2. The molecule has 0 spiro atoms. The number of pyridine rings is 1. The Bertz CT molecular complexity index is 1860. The number of rotatable bonds is 2. The lowest BCUT2D eigenvalue weighted by atomic mass is 9.43. The highest BCUT2D eigenvalue weighted by atomic mass is 15.6. The Morgan fingerprint density at radius 3 is 2.05 bits per heavy atom. The number of aryl methyl sites for hydroxylation is 1. The standard InChI is InChI=1S/C34H28BN5/c1-22-16-17-36-32(18-22)24-12-14-26-28-8-4-6-10-33(28)40-34-11-7-5-9-29(34)27-15-13-25(39-21-38(3)37-23(39)2)20-31(27)35(40)30(26)19-24/h4-20H,21H2,1-3H3. The summed E-state index contributed by atoms with van der Waals surface area (Å²) in [5.41, 5.74) is 14.7. The zero-order valence-electron chi connectivity index (χ0n) is 22.8. The molecule has 5 aromatic rings. The normalized spacial score (nSPS) is 14.7. The Kier molecular flexibility index (Phi) is 4.95. The molecule has 0 amide bonds. The van der Waals surface area contributed by atoms with E-state index in [0.29, 0.717) is 0 Å². The first kappa shape index (κ1) is 23.1. The molecule has 0 bridgehead atoms. The zero-order chi connectivity index (χ0) is 27.0. The third-order valence-electron chi connectivity index (χ3n) is 8.42. The van der Waals surface area contributed by atoms with E-state index in [-0.39, 0.29) is 6.85 Å². The van der Waals surface area contributed by atoms with Crippen molar-refractivity contribution in [3.8, 4) is 33.5 Å². The zero-order valence-corrected chi connectivity index (χ0v) is 22.8. The topological polar surface area (TPSA) is 35.0 Å². The molecule has 4 aromatic carbocycles. The molecule has 192 valence electrons. The second-order valence-corrected chi connectivity index (χ2v) is 11.0. The van der Waals surface area contributed by atoms with Gasteiger partial charge < -0.3 is 9.71 Å². The lowest BCUT2D eigenvalue weighted by Gasteiger charge is -2.43. The fraction of sp³-hybridized carbons (Fsp3) is 0.118. The van der Waals surface area contributed by atoms with Crippen LogP contribution in [0.15, 0.2) is 108 Å². The van der Waals surface area contributed by atoms with Crippen molar-refractivity contribution in [3.63, 3.8) is 0 Å². The Balaban J connectivity index is 1.41. The smallest absolute Gasteiger partial charge is 0.329 e. The molecule has 0 atom stereocenters. The second kappa shape index (κ2) is 8.58. The first-order valence-electron chi connectivity index (χ1n) is 13.8. The van der Waals surface area contributed by atoms with E-state index in [9.17, 15) is 0 Å². The molecule has 0 saturated heterocycles. The van der Waals surface area contributed by atoms with Crippen molar-refractivity contribution in [2.75, 3.05) is 23.4 Å². The fourth-order valence-corrected chi connectivity index (χ4v) is 6.66. The van der Waals surface area contributed by atoms with Gasteiger partial charge in [-0.1, -0.05) is 60.7 Å². The monoisotopic (exact) mass is 517 g/mol. The minimum Gasteiger partial charge on any atom is -0.376 e. The Labute approximate surface area is 235 Å². The molecule has 3 aliphatic heterocycles. The largest absolute Gasteiger partial charge is 0.376 e. The third-order valence-corrected chi connectivity index (χ3v) is 8.42. The minimum absolute atomic E-state index is 0.0251. The lowest BCUT2D eigenvalue weighted by molar-refractivity contribution is 0.393. The summed E-state index contributed by atoms with van der Waals surface area (Å²) < 4.78 is 0. The predicted molar refractivity (Wildman–Crippen MR) is 167 cm³/mol. The summed E-state index contributed by atoms with van der Waals surface area (Å²) in [5.74, 6) is 1.01. The van der Waals surface area contributed by atoms with Gasteiger partial charge in [-0.05, 0) is 83.4 Å². The number of anilines is 3. The van der Waals surface area contributed by atoms with Crippen molar-refractivity contribution in [2.24, 2.45) is 5.10 Å². The highest BCUT2D eigenvalue weighted by Gasteiger charge is 2.42. The van der Waals surface area contributed by atoms with Gasteiger partial charge in [-0.25, -0.2) is 0 Å². The van der Waals surface area contributed by atoms with Crippen LogP contribution in [-0.4, -0.2) is 36.4 Å². The van der Waals surface area contributed by atoms with Gasteiger partial charge >= 0.3 is 6.85 Å². The molecule has 0 saturated carbocycles.